The lowest BCUT2D eigenvalue weighted by molar-refractivity contribution is 0.147. The molecule has 2 saturated carbocycles. The predicted octanol–water partition coefficient (Wildman–Crippen LogP) is 1.21. The van der Waals surface area contributed by atoms with Crippen LogP contribution in [0.1, 0.15) is 36.9 Å². The molecule has 0 amide bonds. The van der Waals surface area contributed by atoms with Crippen LogP contribution < -0.4 is 11.5 Å². The Morgan fingerprint density at radius 2 is 1.73 bits per heavy atom. The summed E-state index contributed by atoms with van der Waals surface area (Å²) in [4.78, 5) is 4.56. The molecule has 4 rings (SSSR count). The van der Waals surface area contributed by atoms with Gasteiger partial charge in [0.15, 0.2) is 0 Å². The van der Waals surface area contributed by atoms with Crippen LogP contribution in [0.5, 0.6) is 0 Å². The van der Waals surface area contributed by atoms with Crippen molar-refractivity contribution in [3.8, 4) is 11.4 Å². The van der Waals surface area contributed by atoms with Gasteiger partial charge in [-0.15, -0.1) is 0 Å². The van der Waals surface area contributed by atoms with Crippen LogP contribution in [0.25, 0.3) is 11.4 Å². The predicted molar refractivity (Wildman–Crippen MR) is 83.7 cm³/mol. The number of pyridine rings is 1. The zero-order valence-electron chi connectivity index (χ0n) is 12.5. The third-order valence-electron chi connectivity index (χ3n) is 4.86. The highest BCUT2D eigenvalue weighted by molar-refractivity contribution is 5.67. The molecule has 116 valence electrons. The molecule has 2 fully saturated rings. The molecule has 0 saturated heterocycles. The number of hydrogen-bond donors (Lipinski definition) is 4. The maximum Gasteiger partial charge on any atom is 0.109 e. The van der Waals surface area contributed by atoms with E-state index in [9.17, 15) is 10.2 Å². The first-order valence-electron chi connectivity index (χ1n) is 7.52. The highest BCUT2D eigenvalue weighted by Crippen LogP contribution is 2.50. The number of nitrogens with two attached hydrogens (primary N) is 2. The molecule has 6 heteroatoms. The molecular formula is C16H20N4O2. The average Bonchev–Trinajstić information content (AvgIpc) is 3.38. The normalized spacial score (nSPS) is 20.9. The largest absolute Gasteiger partial charge is 0.397 e. The summed E-state index contributed by atoms with van der Waals surface area (Å²) in [5, 5.41) is 20.6. The smallest absolute Gasteiger partial charge is 0.109 e. The fourth-order valence-corrected chi connectivity index (χ4v) is 2.96. The van der Waals surface area contributed by atoms with Crippen LogP contribution in [0.2, 0.25) is 0 Å². The lowest BCUT2D eigenvalue weighted by Crippen LogP contribution is -2.12. The SMILES string of the molecule is Cn1c(-c2ccc(N)c(C3(O)CC3)n2)cc(C2(O)CC2)c1N. The van der Waals surface area contributed by atoms with Crippen molar-refractivity contribution >= 4 is 11.5 Å². The Labute approximate surface area is 128 Å². The molecule has 0 aliphatic heterocycles. The zero-order valence-corrected chi connectivity index (χ0v) is 12.5. The van der Waals surface area contributed by atoms with Crippen molar-refractivity contribution in [1.82, 2.24) is 9.55 Å². The van der Waals surface area contributed by atoms with Gasteiger partial charge >= 0.3 is 0 Å². The Morgan fingerprint density at radius 3 is 2.32 bits per heavy atom. The molecule has 2 aliphatic carbocycles. The van der Waals surface area contributed by atoms with E-state index < -0.39 is 11.2 Å². The third kappa shape index (κ3) is 1.84. The molecule has 2 aliphatic rings. The average molecular weight is 300 g/mol. The molecule has 2 aromatic rings. The summed E-state index contributed by atoms with van der Waals surface area (Å²) in [7, 11) is 1.85. The zero-order chi connectivity index (χ0) is 15.7. The van der Waals surface area contributed by atoms with Crippen molar-refractivity contribution < 1.29 is 10.2 Å². The lowest BCUT2D eigenvalue weighted by atomic mass is 10.1. The minimum Gasteiger partial charge on any atom is -0.397 e. The molecular weight excluding hydrogens is 280 g/mol. The molecule has 0 unspecified atom stereocenters. The number of anilines is 2. The van der Waals surface area contributed by atoms with E-state index in [1.54, 1.807) is 6.07 Å². The van der Waals surface area contributed by atoms with Gasteiger partial charge in [0.05, 0.1) is 28.4 Å². The molecule has 6 nitrogen and oxygen atoms in total. The van der Waals surface area contributed by atoms with Gasteiger partial charge < -0.3 is 26.2 Å². The summed E-state index contributed by atoms with van der Waals surface area (Å²) in [5.41, 5.74) is 13.7. The first-order chi connectivity index (χ1) is 10.3. The molecule has 0 radical (unpaired) electrons. The van der Waals surface area contributed by atoms with E-state index in [1.165, 1.54) is 0 Å². The van der Waals surface area contributed by atoms with Gasteiger partial charge in [-0.1, -0.05) is 0 Å². The number of nitrogens with zero attached hydrogens (tertiary/aromatic N) is 2. The van der Waals surface area contributed by atoms with Crippen molar-refractivity contribution in [3.05, 3.63) is 29.5 Å². The highest BCUT2D eigenvalue weighted by atomic mass is 16.3. The summed E-state index contributed by atoms with van der Waals surface area (Å²) in [5.74, 6) is 0.556. The van der Waals surface area contributed by atoms with Crippen molar-refractivity contribution in [2.75, 3.05) is 11.5 Å². The molecule has 6 N–H and O–H groups in total. The summed E-state index contributed by atoms with van der Waals surface area (Å²) in [6.45, 7) is 0. The molecule has 0 spiro atoms. The topological polar surface area (TPSA) is 110 Å². The molecule has 2 aromatic heterocycles. The Bertz CT molecular complexity index is 773. The van der Waals surface area contributed by atoms with Crippen molar-refractivity contribution in [2.24, 2.45) is 7.05 Å². The van der Waals surface area contributed by atoms with Crippen LogP contribution in [-0.2, 0) is 18.2 Å². The number of aromatic nitrogens is 2. The minimum absolute atomic E-state index is 0.506. The summed E-state index contributed by atoms with van der Waals surface area (Å²) < 4.78 is 1.82. The number of nitrogen functional groups attached to an aromatic ring is 2. The second kappa shape index (κ2) is 4.02. The van der Waals surface area contributed by atoms with E-state index in [4.69, 9.17) is 11.5 Å². The van der Waals surface area contributed by atoms with Crippen LogP contribution >= 0.6 is 0 Å². The van der Waals surface area contributed by atoms with Gasteiger partial charge in [-0.05, 0) is 43.9 Å². The fourth-order valence-electron chi connectivity index (χ4n) is 2.96. The Hall–Kier alpha value is -2.05. The number of aliphatic hydroxyl groups is 2. The standard InChI is InChI=1S/C16H20N4O2/c1-20-12(8-9(14(20)18)15(21)4-5-15)11-3-2-10(17)13(19-11)16(22)6-7-16/h2-3,8,21-22H,4-7,17-18H2,1H3. The van der Waals surface area contributed by atoms with Gasteiger partial charge in [-0.3, -0.25) is 0 Å². The minimum atomic E-state index is -0.881. The molecule has 22 heavy (non-hydrogen) atoms. The fraction of sp³-hybridized carbons (Fsp3) is 0.438. The summed E-state index contributed by atoms with van der Waals surface area (Å²) in [6, 6.07) is 5.48. The maximum absolute atomic E-state index is 10.3. The van der Waals surface area contributed by atoms with Gasteiger partial charge in [0.1, 0.15) is 11.4 Å². The van der Waals surface area contributed by atoms with Crippen molar-refractivity contribution in [2.45, 2.75) is 36.9 Å². The monoisotopic (exact) mass is 300 g/mol. The van der Waals surface area contributed by atoms with E-state index in [0.29, 0.717) is 35.7 Å². The van der Waals surface area contributed by atoms with Crippen LogP contribution in [-0.4, -0.2) is 19.8 Å². The first kappa shape index (κ1) is 13.6. The molecule has 2 heterocycles. The van der Waals surface area contributed by atoms with Crippen LogP contribution in [0.15, 0.2) is 18.2 Å². The van der Waals surface area contributed by atoms with Crippen LogP contribution in [0, 0.1) is 0 Å². The van der Waals surface area contributed by atoms with Crippen LogP contribution in [0.4, 0.5) is 11.5 Å². The van der Waals surface area contributed by atoms with Gasteiger partial charge in [0.2, 0.25) is 0 Å². The molecule has 0 aromatic carbocycles. The Morgan fingerprint density at radius 1 is 1.09 bits per heavy atom. The Balaban J connectivity index is 1.83. The molecule has 0 atom stereocenters. The van der Waals surface area contributed by atoms with Crippen molar-refractivity contribution in [3.63, 3.8) is 0 Å². The number of rotatable bonds is 3. The van der Waals surface area contributed by atoms with E-state index in [1.807, 2.05) is 23.7 Å². The lowest BCUT2D eigenvalue weighted by Gasteiger charge is -2.12. The second-order valence-electron chi connectivity index (χ2n) is 6.59. The van der Waals surface area contributed by atoms with Crippen LogP contribution in [0.3, 0.4) is 0 Å². The summed E-state index contributed by atoms with van der Waals surface area (Å²) >= 11 is 0. The van der Waals surface area contributed by atoms with Gasteiger partial charge in [-0.25, -0.2) is 4.98 Å². The van der Waals surface area contributed by atoms with E-state index in [-0.39, 0.29) is 0 Å². The Kier molecular flexibility index (Phi) is 2.49. The van der Waals surface area contributed by atoms with E-state index in [0.717, 1.165) is 24.1 Å². The van der Waals surface area contributed by atoms with Crippen molar-refractivity contribution in [1.29, 1.82) is 0 Å². The third-order valence-corrected chi connectivity index (χ3v) is 4.86. The quantitative estimate of drug-likeness (QED) is 0.681. The second-order valence-corrected chi connectivity index (χ2v) is 6.59. The van der Waals surface area contributed by atoms with Gasteiger partial charge in [0.25, 0.3) is 0 Å². The van der Waals surface area contributed by atoms with E-state index >= 15 is 0 Å². The highest BCUT2D eigenvalue weighted by Gasteiger charge is 2.46. The first-order valence-corrected chi connectivity index (χ1v) is 7.52. The van der Waals surface area contributed by atoms with Gasteiger partial charge in [-0.2, -0.15) is 0 Å². The summed E-state index contributed by atoms with van der Waals surface area (Å²) in [6.07, 6.45) is 2.85. The molecule has 0 bridgehead atoms. The number of hydrogen-bond acceptors (Lipinski definition) is 5. The maximum atomic E-state index is 10.3. The van der Waals surface area contributed by atoms with E-state index in [2.05, 4.69) is 4.98 Å². The van der Waals surface area contributed by atoms with Gasteiger partial charge in [0, 0.05) is 12.6 Å².